The summed E-state index contributed by atoms with van der Waals surface area (Å²) in [6, 6.07) is 10.0. The van der Waals surface area contributed by atoms with Crippen LogP contribution in [-0.4, -0.2) is 93.7 Å². The van der Waals surface area contributed by atoms with Gasteiger partial charge in [0, 0.05) is 52.0 Å². The zero-order valence-electron chi connectivity index (χ0n) is 18.4. The predicted molar refractivity (Wildman–Crippen MR) is 120 cm³/mol. The van der Waals surface area contributed by atoms with Gasteiger partial charge in [-0.2, -0.15) is 0 Å². The van der Waals surface area contributed by atoms with E-state index in [0.29, 0.717) is 6.54 Å². The number of likely N-dealkylation sites (tertiary alicyclic amines) is 1. The Morgan fingerprint density at radius 2 is 1.77 bits per heavy atom. The van der Waals surface area contributed by atoms with E-state index in [9.17, 15) is 4.79 Å². The van der Waals surface area contributed by atoms with E-state index < -0.39 is 0 Å². The second kappa shape index (κ2) is 9.91. The molecule has 1 amide bonds. The Balaban J connectivity index is 1.30. The first kappa shape index (κ1) is 21.3. The smallest absolute Gasteiger partial charge is 0.239 e. The van der Waals surface area contributed by atoms with Crippen molar-refractivity contribution in [2.24, 2.45) is 4.99 Å². The molecule has 2 aliphatic heterocycles. The van der Waals surface area contributed by atoms with E-state index in [0.717, 1.165) is 69.6 Å². The minimum Gasteiger partial charge on any atom is -0.349 e. The molecular weight excluding hydrogens is 392 g/mol. The van der Waals surface area contributed by atoms with Crippen molar-refractivity contribution >= 4 is 11.9 Å². The molecule has 3 heterocycles. The van der Waals surface area contributed by atoms with Crippen molar-refractivity contribution in [1.29, 1.82) is 0 Å². The maximum absolute atomic E-state index is 12.7. The molecule has 0 aliphatic carbocycles. The van der Waals surface area contributed by atoms with Gasteiger partial charge in [-0.05, 0) is 31.9 Å². The van der Waals surface area contributed by atoms with Crippen LogP contribution in [0.4, 0.5) is 0 Å². The molecule has 0 spiro atoms. The molecule has 2 aromatic rings. The van der Waals surface area contributed by atoms with Crippen molar-refractivity contribution in [1.82, 2.24) is 34.8 Å². The Morgan fingerprint density at radius 3 is 2.45 bits per heavy atom. The topological polar surface area (TPSA) is 81.9 Å². The average molecular weight is 425 g/mol. The van der Waals surface area contributed by atoms with Crippen LogP contribution in [0.1, 0.15) is 25.6 Å². The first-order valence-electron chi connectivity index (χ1n) is 11.1. The number of hydrogen-bond acceptors (Lipinski definition) is 5. The van der Waals surface area contributed by atoms with Gasteiger partial charge in [0.05, 0.1) is 12.6 Å². The van der Waals surface area contributed by atoms with Crippen molar-refractivity contribution in [3.8, 4) is 5.69 Å². The van der Waals surface area contributed by atoms with E-state index in [1.54, 1.807) is 13.4 Å². The van der Waals surface area contributed by atoms with Crippen molar-refractivity contribution in [3.63, 3.8) is 0 Å². The Kier molecular flexibility index (Phi) is 6.81. The highest BCUT2D eigenvalue weighted by Crippen LogP contribution is 2.14. The Morgan fingerprint density at radius 1 is 1.06 bits per heavy atom. The molecule has 1 N–H and O–H groups in total. The van der Waals surface area contributed by atoms with Crippen LogP contribution < -0.4 is 5.32 Å². The zero-order chi connectivity index (χ0) is 21.6. The third-order valence-electron chi connectivity index (χ3n) is 6.21. The van der Waals surface area contributed by atoms with Gasteiger partial charge >= 0.3 is 0 Å². The monoisotopic (exact) mass is 424 g/mol. The first-order valence-corrected chi connectivity index (χ1v) is 11.1. The number of piperazine rings is 1. The molecule has 1 unspecified atom stereocenters. The van der Waals surface area contributed by atoms with Crippen LogP contribution in [0.15, 0.2) is 41.7 Å². The molecule has 0 radical (unpaired) electrons. The fourth-order valence-electron chi connectivity index (χ4n) is 4.35. The number of para-hydroxylation sites is 1. The van der Waals surface area contributed by atoms with Crippen LogP contribution in [0.5, 0.6) is 0 Å². The summed E-state index contributed by atoms with van der Waals surface area (Å²) < 4.78 is 1.98. The van der Waals surface area contributed by atoms with Crippen LogP contribution in [0.3, 0.4) is 0 Å². The highest BCUT2D eigenvalue weighted by molar-refractivity contribution is 5.82. The molecule has 0 saturated carbocycles. The second-order valence-electron chi connectivity index (χ2n) is 8.08. The lowest BCUT2D eigenvalue weighted by Crippen LogP contribution is -2.57. The number of amides is 1. The van der Waals surface area contributed by atoms with Crippen LogP contribution in [-0.2, 0) is 11.3 Å². The molecule has 2 saturated heterocycles. The molecular formula is C22H32N8O. The van der Waals surface area contributed by atoms with E-state index in [2.05, 4.69) is 30.3 Å². The standard InChI is InChI=1S/C22H32N8O/c1-18(21(31)28-10-6-7-11-28)27-12-14-29(15-13-27)22(23-2)24-16-20-26-25-17-30(20)19-8-4-3-5-9-19/h3-5,8-9,17-18H,6-7,10-16H2,1-2H3,(H,23,24). The fraction of sp³-hybridized carbons (Fsp3) is 0.545. The van der Waals surface area contributed by atoms with Gasteiger partial charge in [0.25, 0.3) is 0 Å². The molecule has 31 heavy (non-hydrogen) atoms. The van der Waals surface area contributed by atoms with Crippen LogP contribution in [0.2, 0.25) is 0 Å². The van der Waals surface area contributed by atoms with E-state index in [4.69, 9.17) is 0 Å². The third kappa shape index (κ3) is 4.87. The summed E-state index contributed by atoms with van der Waals surface area (Å²) in [6.45, 7) is 7.76. The summed E-state index contributed by atoms with van der Waals surface area (Å²) in [5, 5.41) is 11.8. The number of guanidine groups is 1. The maximum atomic E-state index is 12.7. The zero-order valence-corrected chi connectivity index (χ0v) is 18.4. The molecule has 0 bridgehead atoms. The van der Waals surface area contributed by atoms with Gasteiger partial charge in [-0.15, -0.1) is 10.2 Å². The lowest BCUT2D eigenvalue weighted by molar-refractivity contribution is -0.135. The molecule has 1 atom stereocenters. The van der Waals surface area contributed by atoms with E-state index in [1.165, 1.54) is 0 Å². The van der Waals surface area contributed by atoms with Gasteiger partial charge in [0.2, 0.25) is 5.91 Å². The average Bonchev–Trinajstić information content (AvgIpc) is 3.52. The molecule has 2 fully saturated rings. The number of nitrogens with one attached hydrogen (secondary N) is 1. The summed E-state index contributed by atoms with van der Waals surface area (Å²) >= 11 is 0. The molecule has 1 aromatic heterocycles. The highest BCUT2D eigenvalue weighted by atomic mass is 16.2. The summed E-state index contributed by atoms with van der Waals surface area (Å²) in [5.74, 6) is 1.95. The number of carbonyl (C=O) groups is 1. The molecule has 9 nitrogen and oxygen atoms in total. The number of aliphatic imine (C=N–C) groups is 1. The molecule has 4 rings (SSSR count). The van der Waals surface area contributed by atoms with Gasteiger partial charge in [-0.3, -0.25) is 19.3 Å². The fourth-order valence-corrected chi connectivity index (χ4v) is 4.35. The minimum atomic E-state index is -0.0559. The Labute approximate surface area is 183 Å². The normalized spacial score (nSPS) is 19.0. The van der Waals surface area contributed by atoms with Gasteiger partial charge in [-0.25, -0.2) is 0 Å². The van der Waals surface area contributed by atoms with E-state index in [-0.39, 0.29) is 11.9 Å². The van der Waals surface area contributed by atoms with Gasteiger partial charge in [0.1, 0.15) is 6.33 Å². The van der Waals surface area contributed by atoms with Crippen molar-refractivity contribution in [3.05, 3.63) is 42.5 Å². The van der Waals surface area contributed by atoms with Crippen LogP contribution >= 0.6 is 0 Å². The van der Waals surface area contributed by atoms with Crippen molar-refractivity contribution < 1.29 is 4.79 Å². The number of aromatic nitrogens is 3. The summed E-state index contributed by atoms with van der Waals surface area (Å²) in [4.78, 5) is 23.7. The second-order valence-corrected chi connectivity index (χ2v) is 8.08. The third-order valence-corrected chi connectivity index (χ3v) is 6.21. The lowest BCUT2D eigenvalue weighted by Gasteiger charge is -2.39. The lowest BCUT2D eigenvalue weighted by atomic mass is 10.2. The quantitative estimate of drug-likeness (QED) is 0.569. The molecule has 9 heteroatoms. The summed E-state index contributed by atoms with van der Waals surface area (Å²) in [6.07, 6.45) is 3.99. The SMILES string of the molecule is CN=C(NCc1nncn1-c1ccccc1)N1CCN(C(C)C(=O)N2CCCC2)CC1. The van der Waals surface area contributed by atoms with Crippen molar-refractivity contribution in [2.45, 2.75) is 32.4 Å². The van der Waals surface area contributed by atoms with E-state index in [1.807, 2.05) is 46.7 Å². The molecule has 1 aromatic carbocycles. The van der Waals surface area contributed by atoms with E-state index >= 15 is 0 Å². The highest BCUT2D eigenvalue weighted by Gasteiger charge is 2.30. The Bertz CT molecular complexity index is 882. The predicted octanol–water partition coefficient (Wildman–Crippen LogP) is 0.971. The maximum Gasteiger partial charge on any atom is 0.239 e. The van der Waals surface area contributed by atoms with Gasteiger partial charge in [-0.1, -0.05) is 18.2 Å². The number of carbonyl (C=O) groups excluding carboxylic acids is 1. The first-order chi connectivity index (χ1) is 15.2. The molecule has 2 aliphatic rings. The largest absolute Gasteiger partial charge is 0.349 e. The summed E-state index contributed by atoms with van der Waals surface area (Å²) in [7, 11) is 1.80. The Hall–Kier alpha value is -2.94. The minimum absolute atomic E-state index is 0.0559. The number of benzene rings is 1. The number of rotatable bonds is 5. The van der Waals surface area contributed by atoms with Crippen LogP contribution in [0.25, 0.3) is 5.69 Å². The van der Waals surface area contributed by atoms with Crippen molar-refractivity contribution in [2.75, 3.05) is 46.3 Å². The molecule has 166 valence electrons. The number of hydrogen-bond donors (Lipinski definition) is 1. The van der Waals surface area contributed by atoms with Gasteiger partial charge in [0.15, 0.2) is 11.8 Å². The van der Waals surface area contributed by atoms with Gasteiger partial charge < -0.3 is 15.1 Å². The van der Waals surface area contributed by atoms with Crippen LogP contribution in [0, 0.1) is 0 Å². The summed E-state index contributed by atoms with van der Waals surface area (Å²) in [5.41, 5.74) is 1.03. The number of nitrogens with zero attached hydrogens (tertiary/aromatic N) is 7.